The van der Waals surface area contributed by atoms with E-state index in [4.69, 9.17) is 18.6 Å². The summed E-state index contributed by atoms with van der Waals surface area (Å²) in [7, 11) is 3.95. The van der Waals surface area contributed by atoms with Gasteiger partial charge in [0.25, 0.3) is 0 Å². The lowest BCUT2D eigenvalue weighted by atomic mass is 10.2. The molecule has 0 amide bonds. The zero-order valence-electron chi connectivity index (χ0n) is 12.0. The van der Waals surface area contributed by atoms with Crippen LogP contribution < -0.4 is 9.47 Å². The fraction of sp³-hybridized carbons (Fsp3) is 0.400. The van der Waals surface area contributed by atoms with E-state index in [0.29, 0.717) is 23.7 Å². The van der Waals surface area contributed by atoms with Crippen LogP contribution in [0.15, 0.2) is 22.6 Å². The SMILES string of the molecule is CN(C)CCCOC(=O)c1cc2cc3c(cc2o1)OCO3. The van der Waals surface area contributed by atoms with Crippen molar-refractivity contribution in [3.8, 4) is 11.5 Å². The zero-order chi connectivity index (χ0) is 14.8. The molecule has 2 aromatic rings. The number of carbonyl (C=O) groups excluding carboxylic acids is 1. The molecule has 0 bridgehead atoms. The second kappa shape index (κ2) is 5.65. The number of ether oxygens (including phenoxy) is 3. The summed E-state index contributed by atoms with van der Waals surface area (Å²) >= 11 is 0. The molecule has 1 aromatic carbocycles. The smallest absolute Gasteiger partial charge is 0.374 e. The van der Waals surface area contributed by atoms with E-state index in [9.17, 15) is 4.79 Å². The third-order valence-electron chi connectivity index (χ3n) is 3.20. The number of hydrogen-bond donors (Lipinski definition) is 0. The molecule has 1 aliphatic heterocycles. The maximum Gasteiger partial charge on any atom is 0.374 e. The summed E-state index contributed by atoms with van der Waals surface area (Å²) in [5.41, 5.74) is 0.583. The van der Waals surface area contributed by atoms with Crippen LogP contribution in [0.4, 0.5) is 0 Å². The van der Waals surface area contributed by atoms with Crippen molar-refractivity contribution in [2.75, 3.05) is 34.0 Å². The molecule has 0 saturated heterocycles. The van der Waals surface area contributed by atoms with Crippen molar-refractivity contribution < 1.29 is 23.4 Å². The van der Waals surface area contributed by atoms with Gasteiger partial charge in [0.15, 0.2) is 11.5 Å². The van der Waals surface area contributed by atoms with Gasteiger partial charge < -0.3 is 23.5 Å². The Kier molecular flexibility index (Phi) is 3.70. The Morgan fingerprint density at radius 1 is 1.24 bits per heavy atom. The van der Waals surface area contributed by atoms with E-state index in [0.717, 1.165) is 18.4 Å². The minimum absolute atomic E-state index is 0.193. The lowest BCUT2D eigenvalue weighted by Gasteiger charge is -2.08. The minimum atomic E-state index is -0.452. The van der Waals surface area contributed by atoms with Crippen LogP contribution in [0.3, 0.4) is 0 Å². The molecule has 6 nitrogen and oxygen atoms in total. The first-order chi connectivity index (χ1) is 10.1. The Labute approximate surface area is 122 Å². The Morgan fingerprint density at radius 3 is 2.76 bits per heavy atom. The first-order valence-corrected chi connectivity index (χ1v) is 6.78. The minimum Gasteiger partial charge on any atom is -0.460 e. The molecule has 0 radical (unpaired) electrons. The maximum absolute atomic E-state index is 11.9. The fourth-order valence-electron chi connectivity index (χ4n) is 2.15. The molecular weight excluding hydrogens is 274 g/mol. The molecule has 0 unspecified atom stereocenters. The average Bonchev–Trinajstić information content (AvgIpc) is 3.05. The zero-order valence-corrected chi connectivity index (χ0v) is 12.0. The van der Waals surface area contributed by atoms with E-state index in [1.165, 1.54) is 0 Å². The Morgan fingerprint density at radius 2 is 2.00 bits per heavy atom. The van der Waals surface area contributed by atoms with Crippen molar-refractivity contribution in [2.45, 2.75) is 6.42 Å². The van der Waals surface area contributed by atoms with Crippen LogP contribution in [0.5, 0.6) is 11.5 Å². The predicted molar refractivity (Wildman–Crippen MR) is 75.8 cm³/mol. The normalized spacial score (nSPS) is 13.1. The number of rotatable bonds is 5. The average molecular weight is 291 g/mol. The molecule has 1 aromatic heterocycles. The van der Waals surface area contributed by atoms with Gasteiger partial charge in [0.1, 0.15) is 5.58 Å². The van der Waals surface area contributed by atoms with Crippen molar-refractivity contribution in [1.82, 2.24) is 4.90 Å². The summed E-state index contributed by atoms with van der Waals surface area (Å²) in [5, 5.41) is 0.791. The fourth-order valence-corrected chi connectivity index (χ4v) is 2.15. The van der Waals surface area contributed by atoms with E-state index in [1.54, 1.807) is 18.2 Å². The van der Waals surface area contributed by atoms with Crippen LogP contribution >= 0.6 is 0 Å². The maximum atomic E-state index is 11.9. The van der Waals surface area contributed by atoms with E-state index >= 15 is 0 Å². The van der Waals surface area contributed by atoms with Crippen LogP contribution in [0.25, 0.3) is 11.0 Å². The molecule has 2 heterocycles. The third kappa shape index (κ3) is 2.95. The summed E-state index contributed by atoms with van der Waals surface area (Å²) in [4.78, 5) is 14.0. The highest BCUT2D eigenvalue weighted by Crippen LogP contribution is 2.37. The number of hydrogen-bond acceptors (Lipinski definition) is 6. The number of furan rings is 1. The molecule has 1 aliphatic rings. The van der Waals surface area contributed by atoms with Gasteiger partial charge in [0.05, 0.1) is 6.61 Å². The van der Waals surface area contributed by atoms with Gasteiger partial charge in [0.2, 0.25) is 12.6 Å². The number of fused-ring (bicyclic) bond motifs is 2. The van der Waals surface area contributed by atoms with Gasteiger partial charge in [-0.15, -0.1) is 0 Å². The lowest BCUT2D eigenvalue weighted by molar-refractivity contribution is 0.0459. The molecule has 21 heavy (non-hydrogen) atoms. The summed E-state index contributed by atoms with van der Waals surface area (Å²) in [6.07, 6.45) is 0.787. The van der Waals surface area contributed by atoms with E-state index in [1.807, 2.05) is 19.0 Å². The van der Waals surface area contributed by atoms with Gasteiger partial charge in [-0.3, -0.25) is 0 Å². The topological polar surface area (TPSA) is 61.1 Å². The van der Waals surface area contributed by atoms with Crippen molar-refractivity contribution in [2.24, 2.45) is 0 Å². The first kappa shape index (κ1) is 13.8. The Bertz CT molecular complexity index is 620. The van der Waals surface area contributed by atoms with Crippen LogP contribution in [-0.4, -0.2) is 44.9 Å². The highest BCUT2D eigenvalue weighted by molar-refractivity contribution is 5.93. The predicted octanol–water partition coefficient (Wildman–Crippen LogP) is 2.27. The molecular formula is C15H17NO5. The molecule has 3 rings (SSSR count). The Balaban J connectivity index is 1.68. The molecule has 112 valence electrons. The van der Waals surface area contributed by atoms with Gasteiger partial charge in [-0.05, 0) is 32.6 Å². The van der Waals surface area contributed by atoms with E-state index in [2.05, 4.69) is 0 Å². The van der Waals surface area contributed by atoms with Gasteiger partial charge >= 0.3 is 5.97 Å². The molecule has 0 aliphatic carbocycles. The first-order valence-electron chi connectivity index (χ1n) is 6.78. The number of benzene rings is 1. The van der Waals surface area contributed by atoms with Crippen molar-refractivity contribution in [1.29, 1.82) is 0 Å². The number of carbonyl (C=O) groups is 1. The second-order valence-electron chi connectivity index (χ2n) is 5.15. The Hall–Kier alpha value is -2.21. The number of esters is 1. The second-order valence-corrected chi connectivity index (χ2v) is 5.15. The van der Waals surface area contributed by atoms with Gasteiger partial charge in [-0.1, -0.05) is 0 Å². The lowest BCUT2D eigenvalue weighted by Crippen LogP contribution is -2.16. The van der Waals surface area contributed by atoms with Crippen LogP contribution in [0.2, 0.25) is 0 Å². The van der Waals surface area contributed by atoms with Gasteiger partial charge in [-0.25, -0.2) is 4.79 Å². The molecule has 6 heteroatoms. The molecule has 0 N–H and O–H groups in total. The molecule has 0 atom stereocenters. The van der Waals surface area contributed by atoms with E-state index < -0.39 is 5.97 Å². The molecule has 0 fully saturated rings. The standard InChI is InChI=1S/C15H17NO5/c1-16(2)4-3-5-18-15(17)14-7-10-6-12-13(20-9-19-12)8-11(10)21-14/h6-8H,3-5,9H2,1-2H3. The summed E-state index contributed by atoms with van der Waals surface area (Å²) in [6, 6.07) is 5.18. The van der Waals surface area contributed by atoms with Crippen LogP contribution in [0, 0.1) is 0 Å². The third-order valence-corrected chi connectivity index (χ3v) is 3.20. The monoisotopic (exact) mass is 291 g/mol. The highest BCUT2D eigenvalue weighted by Gasteiger charge is 2.19. The van der Waals surface area contributed by atoms with E-state index in [-0.39, 0.29) is 12.6 Å². The summed E-state index contributed by atoms with van der Waals surface area (Å²) < 4.78 is 21.3. The van der Waals surface area contributed by atoms with Crippen LogP contribution in [-0.2, 0) is 4.74 Å². The summed E-state index contributed by atoms with van der Waals surface area (Å²) in [6.45, 7) is 1.45. The van der Waals surface area contributed by atoms with Crippen LogP contribution in [0.1, 0.15) is 17.0 Å². The van der Waals surface area contributed by atoms with Crippen molar-refractivity contribution >= 4 is 16.9 Å². The van der Waals surface area contributed by atoms with Gasteiger partial charge in [0, 0.05) is 18.0 Å². The molecule has 0 saturated carbocycles. The number of nitrogens with zero attached hydrogens (tertiary/aromatic N) is 1. The summed E-state index contributed by atoms with van der Waals surface area (Å²) in [5.74, 6) is 1.03. The largest absolute Gasteiger partial charge is 0.460 e. The quantitative estimate of drug-likeness (QED) is 0.622. The highest BCUT2D eigenvalue weighted by atomic mass is 16.7. The molecule has 0 spiro atoms. The van der Waals surface area contributed by atoms with Crippen molar-refractivity contribution in [3.05, 3.63) is 24.0 Å². The van der Waals surface area contributed by atoms with Crippen molar-refractivity contribution in [3.63, 3.8) is 0 Å². The van der Waals surface area contributed by atoms with Gasteiger partial charge in [-0.2, -0.15) is 0 Å².